The second-order valence-corrected chi connectivity index (χ2v) is 16.6. The van der Waals surface area contributed by atoms with Crippen LogP contribution in [0.2, 0.25) is 0 Å². The molecule has 0 saturated carbocycles. The van der Waals surface area contributed by atoms with Gasteiger partial charge in [0.05, 0.1) is 0 Å². The molecule has 0 aromatic carbocycles. The Balaban J connectivity index is 4.28. The normalized spacial score (nSPS) is 12.1. The zero-order valence-corrected chi connectivity index (χ0v) is 35.4. The second kappa shape index (κ2) is 39.1. The summed E-state index contributed by atoms with van der Waals surface area (Å²) in [5, 5.41) is 0. The van der Waals surface area contributed by atoms with Crippen molar-refractivity contribution in [2.45, 2.75) is 253 Å². The second-order valence-electron chi connectivity index (χ2n) is 16.6. The molecule has 0 saturated heterocycles. The zero-order valence-electron chi connectivity index (χ0n) is 35.4. The summed E-state index contributed by atoms with van der Waals surface area (Å²) in [4.78, 5) is 37.6. The molecular weight excluding hydrogens is 649 g/mol. The Hall–Kier alpha value is -1.59. The zero-order chi connectivity index (χ0) is 38.3. The minimum Gasteiger partial charge on any atom is -0.462 e. The number of esters is 3. The van der Waals surface area contributed by atoms with Gasteiger partial charge in [0.25, 0.3) is 0 Å². The third kappa shape index (κ3) is 39.6. The molecule has 0 heterocycles. The molecule has 0 aliphatic rings. The van der Waals surface area contributed by atoms with Gasteiger partial charge in [-0.1, -0.05) is 208 Å². The molecule has 1 atom stereocenters. The van der Waals surface area contributed by atoms with Gasteiger partial charge in [-0.15, -0.1) is 0 Å². The van der Waals surface area contributed by atoms with Crippen LogP contribution in [-0.2, 0) is 28.6 Å². The van der Waals surface area contributed by atoms with E-state index in [-0.39, 0.29) is 31.1 Å². The number of carbonyl (C=O) groups is 3. The molecule has 0 aliphatic heterocycles. The highest BCUT2D eigenvalue weighted by Gasteiger charge is 2.19. The summed E-state index contributed by atoms with van der Waals surface area (Å²) < 4.78 is 16.7. The van der Waals surface area contributed by atoms with Crippen LogP contribution in [-0.4, -0.2) is 37.2 Å². The van der Waals surface area contributed by atoms with Crippen LogP contribution in [0.15, 0.2) is 0 Å². The van der Waals surface area contributed by atoms with Gasteiger partial charge in [0.15, 0.2) is 6.10 Å². The largest absolute Gasteiger partial charge is 0.462 e. The molecule has 6 nitrogen and oxygen atoms in total. The van der Waals surface area contributed by atoms with Crippen LogP contribution in [0.5, 0.6) is 0 Å². The average molecular weight is 737 g/mol. The summed E-state index contributed by atoms with van der Waals surface area (Å²) in [7, 11) is 0. The Morgan fingerprint density at radius 2 is 0.635 bits per heavy atom. The van der Waals surface area contributed by atoms with Gasteiger partial charge in [0.1, 0.15) is 13.2 Å². The van der Waals surface area contributed by atoms with Crippen molar-refractivity contribution in [3.63, 3.8) is 0 Å². The fraction of sp³-hybridized carbons (Fsp3) is 0.935. The highest BCUT2D eigenvalue weighted by molar-refractivity contribution is 5.71. The van der Waals surface area contributed by atoms with E-state index >= 15 is 0 Å². The Bertz CT molecular complexity index is 794. The van der Waals surface area contributed by atoms with Gasteiger partial charge in [0.2, 0.25) is 0 Å². The SMILES string of the molecule is CCCCCCCCCCCCC(=O)O[C@H](COC(=O)CCCCCCCCCCCCCCC(C)C)COC(=O)CCCCCCCCC(C)C. The lowest BCUT2D eigenvalue weighted by Gasteiger charge is -2.18. The Morgan fingerprint density at radius 1 is 0.365 bits per heavy atom. The fourth-order valence-electron chi connectivity index (χ4n) is 6.75. The Morgan fingerprint density at radius 3 is 0.942 bits per heavy atom. The summed E-state index contributed by atoms with van der Waals surface area (Å²) in [5.74, 6) is 0.734. The number of rotatable bonds is 40. The lowest BCUT2D eigenvalue weighted by atomic mass is 10.0. The maximum absolute atomic E-state index is 12.7. The molecule has 0 radical (unpaired) electrons. The van der Waals surface area contributed by atoms with Crippen molar-refractivity contribution in [1.82, 2.24) is 0 Å². The fourth-order valence-corrected chi connectivity index (χ4v) is 6.75. The van der Waals surface area contributed by atoms with E-state index in [0.717, 1.165) is 69.6 Å². The van der Waals surface area contributed by atoms with E-state index in [1.165, 1.54) is 135 Å². The maximum Gasteiger partial charge on any atom is 0.306 e. The van der Waals surface area contributed by atoms with Gasteiger partial charge in [-0.2, -0.15) is 0 Å². The first-order valence-electron chi connectivity index (χ1n) is 22.7. The van der Waals surface area contributed by atoms with Gasteiger partial charge in [-0.25, -0.2) is 0 Å². The molecule has 6 heteroatoms. The molecule has 0 fully saturated rings. The molecule has 0 spiro atoms. The molecule has 0 amide bonds. The topological polar surface area (TPSA) is 78.9 Å². The Kier molecular flexibility index (Phi) is 37.9. The molecule has 0 N–H and O–H groups in total. The molecule has 0 aromatic rings. The monoisotopic (exact) mass is 737 g/mol. The van der Waals surface area contributed by atoms with Crippen LogP contribution < -0.4 is 0 Å². The van der Waals surface area contributed by atoms with Gasteiger partial charge in [0, 0.05) is 19.3 Å². The molecule has 0 bridgehead atoms. The van der Waals surface area contributed by atoms with Crippen molar-refractivity contribution in [1.29, 1.82) is 0 Å². The van der Waals surface area contributed by atoms with E-state index in [1.54, 1.807) is 0 Å². The first-order valence-corrected chi connectivity index (χ1v) is 22.7. The maximum atomic E-state index is 12.7. The summed E-state index contributed by atoms with van der Waals surface area (Å²) in [5.41, 5.74) is 0. The number of hydrogen-bond acceptors (Lipinski definition) is 6. The molecule has 0 aromatic heterocycles. The average Bonchev–Trinajstić information content (AvgIpc) is 3.11. The van der Waals surface area contributed by atoms with E-state index in [9.17, 15) is 14.4 Å². The van der Waals surface area contributed by atoms with E-state index in [0.29, 0.717) is 19.3 Å². The molecule has 308 valence electrons. The predicted molar refractivity (Wildman–Crippen MR) is 220 cm³/mol. The van der Waals surface area contributed by atoms with Crippen molar-refractivity contribution in [3.05, 3.63) is 0 Å². The number of hydrogen-bond donors (Lipinski definition) is 0. The lowest BCUT2D eigenvalue weighted by Crippen LogP contribution is -2.30. The van der Waals surface area contributed by atoms with Crippen molar-refractivity contribution < 1.29 is 28.6 Å². The van der Waals surface area contributed by atoms with Crippen molar-refractivity contribution in [3.8, 4) is 0 Å². The van der Waals surface area contributed by atoms with Crippen LogP contribution in [0.3, 0.4) is 0 Å². The van der Waals surface area contributed by atoms with Gasteiger partial charge >= 0.3 is 17.9 Å². The molecule has 0 aliphatic carbocycles. The number of carbonyl (C=O) groups excluding carboxylic acids is 3. The molecule has 0 unspecified atom stereocenters. The minimum absolute atomic E-state index is 0.0655. The van der Waals surface area contributed by atoms with Crippen LogP contribution in [0.4, 0.5) is 0 Å². The van der Waals surface area contributed by atoms with Crippen LogP contribution in [0.1, 0.15) is 247 Å². The highest BCUT2D eigenvalue weighted by atomic mass is 16.6. The van der Waals surface area contributed by atoms with E-state index in [4.69, 9.17) is 14.2 Å². The predicted octanol–water partition coefficient (Wildman–Crippen LogP) is 14.2. The lowest BCUT2D eigenvalue weighted by molar-refractivity contribution is -0.167. The number of ether oxygens (including phenoxy) is 3. The van der Waals surface area contributed by atoms with Crippen LogP contribution in [0.25, 0.3) is 0 Å². The minimum atomic E-state index is -0.760. The number of unbranched alkanes of at least 4 members (excludes halogenated alkanes) is 25. The summed E-state index contributed by atoms with van der Waals surface area (Å²) in [6.45, 7) is 11.3. The van der Waals surface area contributed by atoms with Crippen molar-refractivity contribution in [2.75, 3.05) is 13.2 Å². The van der Waals surface area contributed by atoms with E-state index < -0.39 is 6.10 Å². The van der Waals surface area contributed by atoms with Crippen LogP contribution >= 0.6 is 0 Å². The van der Waals surface area contributed by atoms with Gasteiger partial charge in [-0.3, -0.25) is 14.4 Å². The van der Waals surface area contributed by atoms with Crippen molar-refractivity contribution in [2.24, 2.45) is 11.8 Å². The van der Waals surface area contributed by atoms with Crippen LogP contribution in [0, 0.1) is 11.8 Å². The summed E-state index contributed by atoms with van der Waals surface area (Å²) >= 11 is 0. The third-order valence-electron chi connectivity index (χ3n) is 10.2. The first-order chi connectivity index (χ1) is 25.2. The molecule has 52 heavy (non-hydrogen) atoms. The first kappa shape index (κ1) is 50.4. The summed E-state index contributed by atoms with van der Waals surface area (Å²) in [6.07, 6.45) is 36.7. The highest BCUT2D eigenvalue weighted by Crippen LogP contribution is 2.16. The molecule has 0 rings (SSSR count). The van der Waals surface area contributed by atoms with E-state index in [2.05, 4.69) is 34.6 Å². The van der Waals surface area contributed by atoms with Gasteiger partial charge in [-0.05, 0) is 31.1 Å². The standard InChI is InChI=1S/C46H88O6/c1-6-7-8-9-10-11-17-21-28-33-38-46(49)52-43(40-51-45(48)37-32-27-23-22-25-30-35-42(4)5)39-50-44(47)36-31-26-20-18-15-13-12-14-16-19-24-29-34-41(2)3/h41-43H,6-40H2,1-5H3/t43-/m1/s1. The van der Waals surface area contributed by atoms with Gasteiger partial charge < -0.3 is 14.2 Å². The smallest absolute Gasteiger partial charge is 0.306 e. The third-order valence-corrected chi connectivity index (χ3v) is 10.2. The van der Waals surface area contributed by atoms with Crippen molar-refractivity contribution >= 4 is 17.9 Å². The van der Waals surface area contributed by atoms with E-state index in [1.807, 2.05) is 0 Å². The summed E-state index contributed by atoms with van der Waals surface area (Å²) in [6, 6.07) is 0. The Labute approximate surface area is 323 Å². The quantitative estimate of drug-likeness (QED) is 0.0354. The molecular formula is C46H88O6.